The number of rotatable bonds is 5. The Bertz CT molecular complexity index is 497. The number of thiophene rings is 1. The van der Waals surface area contributed by atoms with Crippen molar-refractivity contribution in [1.29, 1.82) is 0 Å². The largest absolute Gasteiger partial charge is 0.477 e. The zero-order valence-electron chi connectivity index (χ0n) is 9.09. The smallest absolute Gasteiger partial charge is 0.354 e. The maximum atomic E-state index is 10.7. The van der Waals surface area contributed by atoms with Crippen molar-refractivity contribution in [1.82, 2.24) is 10.3 Å². The quantitative estimate of drug-likeness (QED) is 0.851. The Morgan fingerprint density at radius 2 is 2.24 bits per heavy atom. The predicted molar refractivity (Wildman–Crippen MR) is 66.1 cm³/mol. The van der Waals surface area contributed by atoms with Gasteiger partial charge in [0.05, 0.1) is 5.69 Å². The van der Waals surface area contributed by atoms with Gasteiger partial charge in [0.25, 0.3) is 0 Å². The monoisotopic (exact) mass is 248 g/mol. The van der Waals surface area contributed by atoms with E-state index >= 15 is 0 Å². The normalized spacial score (nSPS) is 10.4. The number of carboxylic acids is 1. The fourth-order valence-electron chi connectivity index (χ4n) is 1.43. The first-order valence-corrected chi connectivity index (χ1v) is 6.11. The predicted octanol–water partition coefficient (Wildman–Crippen LogP) is 2.13. The van der Waals surface area contributed by atoms with Crippen LogP contribution in [0, 0.1) is 0 Å². The topological polar surface area (TPSA) is 62.2 Å². The van der Waals surface area contributed by atoms with E-state index < -0.39 is 5.97 Å². The molecular formula is C12H12N2O2S. The highest BCUT2D eigenvalue weighted by Crippen LogP contribution is 2.05. The summed E-state index contributed by atoms with van der Waals surface area (Å²) in [6, 6.07) is 7.06. The number of nitrogens with one attached hydrogen (secondary N) is 1. The molecule has 0 aromatic carbocycles. The highest BCUT2D eigenvalue weighted by Gasteiger charge is 2.04. The zero-order valence-corrected chi connectivity index (χ0v) is 9.91. The van der Waals surface area contributed by atoms with E-state index in [4.69, 9.17) is 5.11 Å². The van der Waals surface area contributed by atoms with Crippen LogP contribution in [-0.2, 0) is 13.1 Å². The molecule has 0 aliphatic rings. The Morgan fingerprint density at radius 1 is 1.35 bits per heavy atom. The number of pyridine rings is 1. The molecule has 0 saturated carbocycles. The van der Waals surface area contributed by atoms with Gasteiger partial charge in [-0.25, -0.2) is 9.78 Å². The van der Waals surface area contributed by atoms with Crippen molar-refractivity contribution in [2.24, 2.45) is 0 Å². The lowest BCUT2D eigenvalue weighted by Crippen LogP contribution is -2.14. The van der Waals surface area contributed by atoms with E-state index in [1.807, 2.05) is 11.4 Å². The minimum Gasteiger partial charge on any atom is -0.477 e. The first-order valence-electron chi connectivity index (χ1n) is 5.17. The summed E-state index contributed by atoms with van der Waals surface area (Å²) in [5, 5.41) is 16.1. The highest BCUT2D eigenvalue weighted by molar-refractivity contribution is 7.07. The molecule has 0 aliphatic heterocycles. The molecule has 0 spiro atoms. The summed E-state index contributed by atoms with van der Waals surface area (Å²) in [5.74, 6) is -0.996. The van der Waals surface area contributed by atoms with Gasteiger partial charge in [-0.05, 0) is 34.5 Å². The Kier molecular flexibility index (Phi) is 3.85. The van der Waals surface area contributed by atoms with Gasteiger partial charge in [-0.1, -0.05) is 6.07 Å². The Labute approximate surface area is 103 Å². The number of nitrogens with zero attached hydrogens (tertiary/aromatic N) is 1. The van der Waals surface area contributed by atoms with Gasteiger partial charge in [-0.3, -0.25) is 0 Å². The van der Waals surface area contributed by atoms with Gasteiger partial charge in [-0.2, -0.15) is 11.3 Å². The van der Waals surface area contributed by atoms with Crippen molar-refractivity contribution in [3.63, 3.8) is 0 Å². The van der Waals surface area contributed by atoms with Crippen LogP contribution in [0.25, 0.3) is 0 Å². The molecule has 0 aliphatic carbocycles. The number of aromatic carboxylic acids is 1. The molecule has 0 amide bonds. The van der Waals surface area contributed by atoms with Crippen LogP contribution >= 0.6 is 11.3 Å². The van der Waals surface area contributed by atoms with Crippen molar-refractivity contribution >= 4 is 17.3 Å². The van der Waals surface area contributed by atoms with Crippen LogP contribution < -0.4 is 5.32 Å². The summed E-state index contributed by atoms with van der Waals surface area (Å²) in [4.78, 5) is 14.8. The SMILES string of the molecule is O=C(O)c1cccc(CNCc2ccsc2)n1. The molecule has 0 saturated heterocycles. The fraction of sp³-hybridized carbons (Fsp3) is 0.167. The second kappa shape index (κ2) is 5.56. The van der Waals surface area contributed by atoms with E-state index in [9.17, 15) is 4.79 Å². The van der Waals surface area contributed by atoms with Gasteiger partial charge in [0.15, 0.2) is 0 Å². The maximum Gasteiger partial charge on any atom is 0.354 e. The fourth-order valence-corrected chi connectivity index (χ4v) is 2.09. The summed E-state index contributed by atoms with van der Waals surface area (Å²) in [7, 11) is 0. The first kappa shape index (κ1) is 11.8. The molecule has 2 N–H and O–H groups in total. The van der Waals surface area contributed by atoms with Crippen LogP contribution in [0.5, 0.6) is 0 Å². The van der Waals surface area contributed by atoms with Crippen LogP contribution in [0.4, 0.5) is 0 Å². The van der Waals surface area contributed by atoms with Gasteiger partial charge in [0.2, 0.25) is 0 Å². The lowest BCUT2D eigenvalue weighted by Gasteiger charge is -2.03. The van der Waals surface area contributed by atoms with E-state index in [1.165, 1.54) is 11.6 Å². The second-order valence-electron chi connectivity index (χ2n) is 3.55. The van der Waals surface area contributed by atoms with E-state index in [2.05, 4.69) is 21.7 Å². The van der Waals surface area contributed by atoms with Crippen LogP contribution in [0.15, 0.2) is 35.0 Å². The van der Waals surface area contributed by atoms with E-state index in [1.54, 1.807) is 17.4 Å². The number of aromatic nitrogens is 1. The molecule has 2 heterocycles. The summed E-state index contributed by atoms with van der Waals surface area (Å²) in [6.45, 7) is 1.33. The molecule has 17 heavy (non-hydrogen) atoms. The van der Waals surface area contributed by atoms with Gasteiger partial charge in [0.1, 0.15) is 5.69 Å². The molecule has 0 unspecified atom stereocenters. The standard InChI is InChI=1S/C12H12N2O2S/c15-12(16)11-3-1-2-10(14-11)7-13-6-9-4-5-17-8-9/h1-5,8,13H,6-7H2,(H,15,16). The van der Waals surface area contributed by atoms with Crippen LogP contribution in [0.2, 0.25) is 0 Å². The summed E-state index contributed by atoms with van der Waals surface area (Å²) < 4.78 is 0. The lowest BCUT2D eigenvalue weighted by molar-refractivity contribution is 0.0690. The molecular weight excluding hydrogens is 236 g/mol. The summed E-state index contributed by atoms with van der Waals surface area (Å²) >= 11 is 1.66. The van der Waals surface area contributed by atoms with Gasteiger partial charge >= 0.3 is 5.97 Å². The summed E-state index contributed by atoms with van der Waals surface area (Å²) in [5.41, 5.74) is 2.05. The van der Waals surface area contributed by atoms with E-state index in [0.717, 1.165) is 12.2 Å². The van der Waals surface area contributed by atoms with Crippen LogP contribution in [0.1, 0.15) is 21.7 Å². The summed E-state index contributed by atoms with van der Waals surface area (Å²) in [6.07, 6.45) is 0. The zero-order chi connectivity index (χ0) is 12.1. The third-order valence-electron chi connectivity index (χ3n) is 2.24. The van der Waals surface area contributed by atoms with Crippen molar-refractivity contribution in [3.05, 3.63) is 52.0 Å². The lowest BCUT2D eigenvalue weighted by atomic mass is 10.3. The Morgan fingerprint density at radius 3 is 2.94 bits per heavy atom. The average molecular weight is 248 g/mol. The van der Waals surface area contributed by atoms with Crippen LogP contribution in [-0.4, -0.2) is 16.1 Å². The highest BCUT2D eigenvalue weighted by atomic mass is 32.1. The third kappa shape index (κ3) is 3.37. The first-order chi connectivity index (χ1) is 8.25. The van der Waals surface area contributed by atoms with Gasteiger partial charge in [0, 0.05) is 13.1 Å². The number of hydrogen-bond acceptors (Lipinski definition) is 4. The maximum absolute atomic E-state index is 10.7. The van der Waals surface area contributed by atoms with Crippen molar-refractivity contribution in [3.8, 4) is 0 Å². The number of carbonyl (C=O) groups is 1. The van der Waals surface area contributed by atoms with Gasteiger partial charge < -0.3 is 10.4 Å². The van der Waals surface area contributed by atoms with Crippen molar-refractivity contribution in [2.45, 2.75) is 13.1 Å². The Hall–Kier alpha value is -1.72. The average Bonchev–Trinajstić information content (AvgIpc) is 2.82. The van der Waals surface area contributed by atoms with E-state index in [-0.39, 0.29) is 5.69 Å². The molecule has 2 rings (SSSR count). The number of hydrogen-bond donors (Lipinski definition) is 2. The second-order valence-corrected chi connectivity index (χ2v) is 4.33. The molecule has 5 heteroatoms. The van der Waals surface area contributed by atoms with E-state index in [0.29, 0.717) is 6.54 Å². The molecule has 0 radical (unpaired) electrons. The Balaban J connectivity index is 1.90. The molecule has 0 bridgehead atoms. The molecule has 0 fully saturated rings. The third-order valence-corrected chi connectivity index (χ3v) is 2.97. The number of carboxylic acid groups (broad SMARTS) is 1. The van der Waals surface area contributed by atoms with Gasteiger partial charge in [-0.15, -0.1) is 0 Å². The molecule has 2 aromatic heterocycles. The van der Waals surface area contributed by atoms with Crippen molar-refractivity contribution in [2.75, 3.05) is 0 Å². The van der Waals surface area contributed by atoms with Crippen molar-refractivity contribution < 1.29 is 9.90 Å². The van der Waals surface area contributed by atoms with Crippen LogP contribution in [0.3, 0.4) is 0 Å². The molecule has 88 valence electrons. The minimum atomic E-state index is -0.996. The minimum absolute atomic E-state index is 0.0832. The molecule has 4 nitrogen and oxygen atoms in total. The molecule has 0 atom stereocenters. The molecule has 2 aromatic rings.